The second kappa shape index (κ2) is 7.83. The van der Waals surface area contributed by atoms with Gasteiger partial charge in [-0.25, -0.2) is 9.37 Å². The van der Waals surface area contributed by atoms with Crippen LogP contribution in [0.15, 0.2) is 76.0 Å². The van der Waals surface area contributed by atoms with E-state index in [9.17, 15) is 4.39 Å². The molecule has 0 aliphatic carbocycles. The Morgan fingerprint density at radius 2 is 1.79 bits per heavy atom. The zero-order valence-corrected chi connectivity index (χ0v) is 14.1. The van der Waals surface area contributed by atoms with Gasteiger partial charge in [0.25, 0.3) is 0 Å². The summed E-state index contributed by atoms with van der Waals surface area (Å²) in [5.41, 5.74) is 1.91. The van der Waals surface area contributed by atoms with Crippen LogP contribution in [0.4, 0.5) is 10.2 Å². The number of benzene rings is 1. The maximum atomic E-state index is 13.1. The van der Waals surface area contributed by atoms with Crippen molar-refractivity contribution < 1.29 is 4.39 Å². The van der Waals surface area contributed by atoms with Crippen LogP contribution in [0.25, 0.3) is 0 Å². The summed E-state index contributed by atoms with van der Waals surface area (Å²) >= 11 is 3.50. The molecule has 3 rings (SSSR count). The lowest BCUT2D eigenvalue weighted by molar-refractivity contribution is 0.624. The fourth-order valence-corrected chi connectivity index (χ4v) is 2.70. The molecule has 5 nitrogen and oxygen atoms in total. The van der Waals surface area contributed by atoms with E-state index in [1.807, 2.05) is 6.07 Å². The van der Waals surface area contributed by atoms with Gasteiger partial charge >= 0.3 is 0 Å². The van der Waals surface area contributed by atoms with Crippen LogP contribution in [0, 0.1) is 5.82 Å². The van der Waals surface area contributed by atoms with Crippen LogP contribution >= 0.6 is 15.9 Å². The molecule has 3 aromatic rings. The van der Waals surface area contributed by atoms with E-state index in [1.54, 1.807) is 43.1 Å². The van der Waals surface area contributed by atoms with Crippen molar-refractivity contribution in [3.8, 4) is 0 Å². The van der Waals surface area contributed by atoms with E-state index >= 15 is 0 Å². The molecular weight excluding hydrogens is 373 g/mol. The highest BCUT2D eigenvalue weighted by atomic mass is 79.9. The lowest BCUT2D eigenvalue weighted by atomic mass is 10.0. The summed E-state index contributed by atoms with van der Waals surface area (Å²) in [6.07, 6.45) is 8.67. The van der Waals surface area contributed by atoms with Crippen LogP contribution in [-0.2, 0) is 6.42 Å². The number of hydrogen-bond acceptors (Lipinski definition) is 5. The summed E-state index contributed by atoms with van der Waals surface area (Å²) in [5, 5.41) is 8.59. The van der Waals surface area contributed by atoms with Crippen molar-refractivity contribution in [3.05, 3.63) is 82.7 Å². The number of azo groups is 1. The van der Waals surface area contributed by atoms with E-state index < -0.39 is 0 Å². The minimum atomic E-state index is -0.262. The van der Waals surface area contributed by atoms with Crippen molar-refractivity contribution >= 4 is 21.7 Å². The number of aromatic nitrogens is 3. The molecule has 0 aliphatic rings. The van der Waals surface area contributed by atoms with Gasteiger partial charge in [0.15, 0.2) is 5.82 Å². The van der Waals surface area contributed by atoms with Crippen molar-refractivity contribution in [2.24, 2.45) is 10.2 Å². The van der Waals surface area contributed by atoms with Crippen molar-refractivity contribution in [2.45, 2.75) is 12.5 Å². The van der Waals surface area contributed by atoms with Crippen LogP contribution in [0.2, 0.25) is 0 Å². The molecule has 0 N–H and O–H groups in total. The lowest BCUT2D eigenvalue weighted by Crippen LogP contribution is -2.01. The molecular formula is C17H13BrFN5. The summed E-state index contributed by atoms with van der Waals surface area (Å²) in [6, 6.07) is 8.00. The van der Waals surface area contributed by atoms with E-state index in [4.69, 9.17) is 0 Å². The highest BCUT2D eigenvalue weighted by Crippen LogP contribution is 2.29. The molecule has 1 atom stereocenters. The van der Waals surface area contributed by atoms with Gasteiger partial charge in [0.1, 0.15) is 11.9 Å². The van der Waals surface area contributed by atoms with Gasteiger partial charge in [0.05, 0.1) is 6.20 Å². The first-order chi connectivity index (χ1) is 11.7. The molecule has 120 valence electrons. The molecule has 2 aromatic heterocycles. The molecule has 1 unspecified atom stereocenters. The molecule has 0 aliphatic heterocycles. The molecule has 1 aromatic carbocycles. The molecule has 0 spiro atoms. The maximum Gasteiger partial charge on any atom is 0.192 e. The second-order valence-corrected chi connectivity index (χ2v) is 5.88. The van der Waals surface area contributed by atoms with Gasteiger partial charge in [-0.05, 0) is 45.3 Å². The standard InChI is InChI=1S/C17H13BrFN5/c18-15-10-20-6-5-14(15)16(9-12-1-3-13(19)4-2-12)23-24-17-11-21-7-8-22-17/h1-8,10-11,16H,9H2. The van der Waals surface area contributed by atoms with Gasteiger partial charge in [-0.1, -0.05) is 12.1 Å². The first-order valence-corrected chi connectivity index (χ1v) is 8.02. The normalized spacial score (nSPS) is 12.4. The van der Waals surface area contributed by atoms with Crippen molar-refractivity contribution in [1.29, 1.82) is 0 Å². The van der Waals surface area contributed by atoms with Gasteiger partial charge in [0, 0.05) is 35.7 Å². The van der Waals surface area contributed by atoms with Crippen molar-refractivity contribution in [2.75, 3.05) is 0 Å². The lowest BCUT2D eigenvalue weighted by Gasteiger charge is -2.13. The number of halogens is 2. The smallest absolute Gasteiger partial charge is 0.192 e. The third-order valence-corrected chi connectivity index (χ3v) is 4.02. The average molecular weight is 386 g/mol. The first-order valence-electron chi connectivity index (χ1n) is 7.23. The van der Waals surface area contributed by atoms with Crippen LogP contribution < -0.4 is 0 Å². The largest absolute Gasteiger partial charge is 0.264 e. The minimum Gasteiger partial charge on any atom is -0.264 e. The third-order valence-electron chi connectivity index (χ3n) is 3.35. The SMILES string of the molecule is Fc1ccc(CC(N=Nc2cnccn2)c2ccncc2Br)cc1. The summed E-state index contributed by atoms with van der Waals surface area (Å²) in [7, 11) is 0. The zero-order chi connectivity index (χ0) is 16.8. The monoisotopic (exact) mass is 385 g/mol. The summed E-state index contributed by atoms with van der Waals surface area (Å²) in [5.74, 6) is 0.174. The summed E-state index contributed by atoms with van der Waals surface area (Å²) in [4.78, 5) is 12.1. The molecule has 0 fully saturated rings. The summed E-state index contributed by atoms with van der Waals surface area (Å²) in [6.45, 7) is 0. The molecule has 0 radical (unpaired) electrons. The Labute approximate surface area is 146 Å². The quantitative estimate of drug-likeness (QED) is 0.590. The molecule has 0 bridgehead atoms. The Hall–Kier alpha value is -2.54. The Balaban J connectivity index is 1.90. The molecule has 0 amide bonds. The zero-order valence-electron chi connectivity index (χ0n) is 12.5. The van der Waals surface area contributed by atoms with E-state index in [2.05, 4.69) is 41.1 Å². The molecule has 0 saturated carbocycles. The van der Waals surface area contributed by atoms with Gasteiger partial charge in [0.2, 0.25) is 0 Å². The number of pyridine rings is 1. The predicted molar refractivity (Wildman–Crippen MR) is 91.3 cm³/mol. The number of hydrogen-bond donors (Lipinski definition) is 0. The molecule has 24 heavy (non-hydrogen) atoms. The molecule has 0 saturated heterocycles. The second-order valence-electron chi connectivity index (χ2n) is 5.02. The molecule has 7 heteroatoms. The highest BCUT2D eigenvalue weighted by molar-refractivity contribution is 9.10. The Morgan fingerprint density at radius 3 is 2.50 bits per heavy atom. The van der Waals surface area contributed by atoms with Crippen LogP contribution in [0.5, 0.6) is 0 Å². The van der Waals surface area contributed by atoms with Crippen LogP contribution in [0.1, 0.15) is 17.2 Å². The van der Waals surface area contributed by atoms with Crippen LogP contribution in [-0.4, -0.2) is 15.0 Å². The van der Waals surface area contributed by atoms with E-state index in [-0.39, 0.29) is 11.9 Å². The Morgan fingerprint density at radius 1 is 1.00 bits per heavy atom. The average Bonchev–Trinajstić information content (AvgIpc) is 2.62. The van der Waals surface area contributed by atoms with Crippen molar-refractivity contribution in [1.82, 2.24) is 15.0 Å². The van der Waals surface area contributed by atoms with Crippen molar-refractivity contribution in [3.63, 3.8) is 0 Å². The van der Waals surface area contributed by atoms with Crippen LogP contribution in [0.3, 0.4) is 0 Å². The fraction of sp³-hybridized carbons (Fsp3) is 0.118. The predicted octanol–water partition coefficient (Wildman–Crippen LogP) is 4.84. The van der Waals surface area contributed by atoms with Gasteiger partial charge in [-0.2, -0.15) is 5.11 Å². The minimum absolute atomic E-state index is 0.255. The first kappa shape index (κ1) is 16.3. The molecule has 2 heterocycles. The van der Waals surface area contributed by atoms with E-state index in [0.717, 1.165) is 15.6 Å². The van der Waals surface area contributed by atoms with Gasteiger partial charge in [-0.3, -0.25) is 9.97 Å². The third kappa shape index (κ3) is 4.26. The van der Waals surface area contributed by atoms with E-state index in [0.29, 0.717) is 12.2 Å². The van der Waals surface area contributed by atoms with Gasteiger partial charge < -0.3 is 0 Å². The maximum absolute atomic E-state index is 13.1. The topological polar surface area (TPSA) is 63.4 Å². The fourth-order valence-electron chi connectivity index (χ4n) is 2.18. The highest BCUT2D eigenvalue weighted by Gasteiger charge is 2.15. The number of rotatable bonds is 5. The Kier molecular flexibility index (Phi) is 5.32. The number of nitrogens with zero attached hydrogens (tertiary/aromatic N) is 5. The van der Waals surface area contributed by atoms with E-state index in [1.165, 1.54) is 12.1 Å². The van der Waals surface area contributed by atoms with Gasteiger partial charge in [-0.15, -0.1) is 5.11 Å². The summed E-state index contributed by atoms with van der Waals surface area (Å²) < 4.78 is 14.0. The Bertz CT molecular complexity index is 824.